The third kappa shape index (κ3) is 3.14. The molecular formula is C12H11FN2O5S. The summed E-state index contributed by atoms with van der Waals surface area (Å²) >= 11 is 0. The minimum absolute atomic E-state index is 0.00701. The first-order valence-corrected chi connectivity index (χ1v) is 7.10. The number of nitrogens with one attached hydrogen (secondary N) is 2. The smallest absolute Gasteiger partial charge is 0.352 e. The van der Waals surface area contributed by atoms with Crippen LogP contribution in [0, 0.1) is 5.82 Å². The van der Waals surface area contributed by atoms with E-state index < -0.39 is 21.8 Å². The highest BCUT2D eigenvalue weighted by molar-refractivity contribution is 7.92. The van der Waals surface area contributed by atoms with Gasteiger partial charge in [-0.1, -0.05) is 0 Å². The number of rotatable bonds is 5. The minimum Gasteiger partial charge on any atom is -0.494 e. The highest BCUT2D eigenvalue weighted by Crippen LogP contribution is 2.27. The third-order valence-electron chi connectivity index (χ3n) is 2.61. The average molecular weight is 314 g/mol. The topological polar surface area (TPSA) is 108 Å². The highest BCUT2D eigenvalue weighted by atomic mass is 32.2. The fourth-order valence-electron chi connectivity index (χ4n) is 1.61. The van der Waals surface area contributed by atoms with Gasteiger partial charge in [-0.15, -0.1) is 0 Å². The maximum Gasteiger partial charge on any atom is 0.352 e. The molecule has 0 saturated heterocycles. The molecular weight excluding hydrogens is 303 g/mol. The molecule has 1 aromatic carbocycles. The number of benzene rings is 1. The lowest BCUT2D eigenvalue weighted by atomic mass is 10.3. The Morgan fingerprint density at radius 3 is 2.67 bits per heavy atom. The summed E-state index contributed by atoms with van der Waals surface area (Å²) in [6.45, 7) is 0. The van der Waals surface area contributed by atoms with E-state index in [2.05, 4.69) is 9.71 Å². The first-order chi connectivity index (χ1) is 9.83. The van der Waals surface area contributed by atoms with Crippen LogP contribution in [0.4, 0.5) is 10.1 Å². The molecule has 2 aromatic rings. The number of anilines is 1. The molecule has 0 amide bonds. The van der Waals surface area contributed by atoms with Crippen LogP contribution in [-0.4, -0.2) is 31.6 Å². The van der Waals surface area contributed by atoms with Crippen LogP contribution in [-0.2, 0) is 10.0 Å². The summed E-state index contributed by atoms with van der Waals surface area (Å²) in [5, 5.41) is 8.76. The number of hydrogen-bond donors (Lipinski definition) is 3. The number of aromatic amines is 1. The molecule has 0 fully saturated rings. The van der Waals surface area contributed by atoms with Gasteiger partial charge in [-0.25, -0.2) is 17.6 Å². The second kappa shape index (κ2) is 5.44. The zero-order valence-electron chi connectivity index (χ0n) is 10.8. The van der Waals surface area contributed by atoms with Crippen molar-refractivity contribution in [1.82, 2.24) is 4.98 Å². The van der Waals surface area contributed by atoms with Crippen LogP contribution in [0.3, 0.4) is 0 Å². The summed E-state index contributed by atoms with van der Waals surface area (Å²) in [4.78, 5) is 12.8. The van der Waals surface area contributed by atoms with Gasteiger partial charge in [0.25, 0.3) is 10.0 Å². The Labute approximate surface area is 119 Å². The maximum absolute atomic E-state index is 13.1. The Kier molecular flexibility index (Phi) is 3.85. The molecule has 0 radical (unpaired) electrons. The molecule has 0 spiro atoms. The van der Waals surface area contributed by atoms with Gasteiger partial charge >= 0.3 is 5.97 Å². The monoisotopic (exact) mass is 314 g/mol. The molecule has 0 aliphatic rings. The van der Waals surface area contributed by atoms with Gasteiger partial charge in [-0.3, -0.25) is 4.72 Å². The van der Waals surface area contributed by atoms with Crippen LogP contribution in [0.25, 0.3) is 0 Å². The molecule has 1 aromatic heterocycles. The number of carbonyl (C=O) groups is 1. The van der Waals surface area contributed by atoms with Crippen molar-refractivity contribution in [1.29, 1.82) is 0 Å². The van der Waals surface area contributed by atoms with E-state index in [1.54, 1.807) is 0 Å². The fourth-order valence-corrected chi connectivity index (χ4v) is 2.67. The zero-order valence-corrected chi connectivity index (χ0v) is 11.6. The van der Waals surface area contributed by atoms with Gasteiger partial charge in [0.2, 0.25) is 0 Å². The lowest BCUT2D eigenvalue weighted by molar-refractivity contribution is 0.0691. The van der Waals surface area contributed by atoms with Crippen LogP contribution < -0.4 is 9.46 Å². The van der Waals surface area contributed by atoms with Crippen molar-refractivity contribution in [2.24, 2.45) is 0 Å². The van der Waals surface area contributed by atoms with E-state index in [0.717, 1.165) is 24.4 Å². The Balaban J connectivity index is 2.35. The van der Waals surface area contributed by atoms with Gasteiger partial charge < -0.3 is 14.8 Å². The van der Waals surface area contributed by atoms with Gasteiger partial charge in [0, 0.05) is 12.3 Å². The van der Waals surface area contributed by atoms with Crippen molar-refractivity contribution in [3.05, 3.63) is 42.0 Å². The van der Waals surface area contributed by atoms with E-state index in [-0.39, 0.29) is 22.0 Å². The van der Waals surface area contributed by atoms with Crippen LogP contribution >= 0.6 is 0 Å². The largest absolute Gasteiger partial charge is 0.494 e. The number of aromatic carboxylic acids is 1. The van der Waals surface area contributed by atoms with Crippen molar-refractivity contribution < 1.29 is 27.4 Å². The number of aromatic nitrogens is 1. The molecule has 2 rings (SSSR count). The Morgan fingerprint density at radius 1 is 1.38 bits per heavy atom. The van der Waals surface area contributed by atoms with Crippen LogP contribution in [0.15, 0.2) is 35.4 Å². The van der Waals surface area contributed by atoms with Gasteiger partial charge in [0.15, 0.2) is 0 Å². The average Bonchev–Trinajstić information content (AvgIpc) is 2.91. The predicted octanol–water partition coefficient (Wildman–Crippen LogP) is 1.66. The zero-order chi connectivity index (χ0) is 15.6. The fraction of sp³-hybridized carbons (Fsp3) is 0.0833. The third-order valence-corrected chi connectivity index (χ3v) is 3.95. The van der Waals surface area contributed by atoms with Gasteiger partial charge in [0.1, 0.15) is 22.2 Å². The molecule has 3 N–H and O–H groups in total. The number of methoxy groups -OCH3 is 1. The van der Waals surface area contributed by atoms with Crippen molar-refractivity contribution in [3.8, 4) is 5.75 Å². The van der Waals surface area contributed by atoms with Crippen molar-refractivity contribution in [3.63, 3.8) is 0 Å². The molecule has 21 heavy (non-hydrogen) atoms. The molecule has 0 unspecified atom stereocenters. The molecule has 112 valence electrons. The Morgan fingerprint density at radius 2 is 2.10 bits per heavy atom. The predicted molar refractivity (Wildman–Crippen MR) is 71.5 cm³/mol. The molecule has 0 saturated carbocycles. The second-order valence-electron chi connectivity index (χ2n) is 4.00. The highest BCUT2D eigenvalue weighted by Gasteiger charge is 2.20. The molecule has 7 nitrogen and oxygen atoms in total. The quantitative estimate of drug-likeness (QED) is 0.778. The number of carboxylic acids is 1. The summed E-state index contributed by atoms with van der Waals surface area (Å²) in [6, 6.07) is 4.27. The van der Waals surface area contributed by atoms with Crippen LogP contribution in [0.1, 0.15) is 10.5 Å². The van der Waals surface area contributed by atoms with Crippen molar-refractivity contribution in [2.75, 3.05) is 11.8 Å². The second-order valence-corrected chi connectivity index (χ2v) is 5.69. The number of hydrogen-bond acceptors (Lipinski definition) is 4. The van der Waals surface area contributed by atoms with E-state index in [1.807, 2.05) is 0 Å². The molecule has 1 heterocycles. The van der Waals surface area contributed by atoms with E-state index >= 15 is 0 Å². The lowest BCUT2D eigenvalue weighted by Gasteiger charge is -2.10. The van der Waals surface area contributed by atoms with Gasteiger partial charge in [-0.05, 0) is 18.2 Å². The summed E-state index contributed by atoms with van der Waals surface area (Å²) in [5.74, 6) is -1.85. The molecule has 0 aliphatic carbocycles. The standard InChI is InChI=1S/C12H11FN2O5S/c1-20-11-4-7(13)2-3-9(11)15-21(18,19)8-5-10(12(16)17)14-6-8/h2-6,14-15H,1H3,(H,16,17). The summed E-state index contributed by atoms with van der Waals surface area (Å²) < 4.78 is 44.4. The van der Waals surface area contributed by atoms with Gasteiger partial charge in [0.05, 0.1) is 12.8 Å². The first-order valence-electron chi connectivity index (χ1n) is 5.61. The number of H-pyrrole nitrogens is 1. The van der Waals surface area contributed by atoms with Crippen LogP contribution in [0.5, 0.6) is 5.75 Å². The summed E-state index contributed by atoms with van der Waals surface area (Å²) in [6.07, 6.45) is 1.04. The summed E-state index contributed by atoms with van der Waals surface area (Å²) in [7, 11) is -2.75. The lowest BCUT2D eigenvalue weighted by Crippen LogP contribution is -2.13. The summed E-state index contributed by atoms with van der Waals surface area (Å²) in [5.41, 5.74) is -0.224. The number of ether oxygens (including phenoxy) is 1. The number of sulfonamides is 1. The molecule has 0 aliphatic heterocycles. The number of halogens is 1. The minimum atomic E-state index is -4.02. The maximum atomic E-state index is 13.1. The van der Waals surface area contributed by atoms with Gasteiger partial charge in [-0.2, -0.15) is 0 Å². The van der Waals surface area contributed by atoms with E-state index in [4.69, 9.17) is 9.84 Å². The number of carboxylic acid groups (broad SMARTS) is 1. The Bertz CT molecular complexity index is 785. The Hall–Kier alpha value is -2.55. The molecule has 0 atom stereocenters. The van der Waals surface area contributed by atoms with E-state index in [1.165, 1.54) is 13.2 Å². The van der Waals surface area contributed by atoms with Crippen LogP contribution in [0.2, 0.25) is 0 Å². The van der Waals surface area contributed by atoms with E-state index in [0.29, 0.717) is 0 Å². The van der Waals surface area contributed by atoms with E-state index in [9.17, 15) is 17.6 Å². The van der Waals surface area contributed by atoms with Crippen molar-refractivity contribution >= 4 is 21.7 Å². The van der Waals surface area contributed by atoms with Crippen molar-refractivity contribution in [2.45, 2.75) is 4.90 Å². The molecule has 9 heteroatoms. The normalized spacial score (nSPS) is 11.1. The SMILES string of the molecule is COc1cc(F)ccc1NS(=O)(=O)c1c[nH]c(C(=O)O)c1. The first kappa shape index (κ1) is 14.9. The molecule has 0 bridgehead atoms.